The Bertz CT molecular complexity index is 441. The van der Waals surface area contributed by atoms with E-state index in [1.54, 1.807) is 0 Å². The van der Waals surface area contributed by atoms with Gasteiger partial charge in [0.25, 0.3) is 0 Å². The van der Waals surface area contributed by atoms with Crippen molar-refractivity contribution >= 4 is 15.9 Å². The number of benzene rings is 1. The van der Waals surface area contributed by atoms with Crippen molar-refractivity contribution in [2.75, 3.05) is 6.61 Å². The van der Waals surface area contributed by atoms with Gasteiger partial charge in [-0.1, -0.05) is 22.0 Å². The molecule has 1 aromatic rings. The van der Waals surface area contributed by atoms with Gasteiger partial charge in [-0.2, -0.15) is 0 Å². The van der Waals surface area contributed by atoms with Crippen LogP contribution >= 0.6 is 15.9 Å². The molecule has 1 saturated carbocycles. The van der Waals surface area contributed by atoms with E-state index < -0.39 is 0 Å². The molecule has 2 nitrogen and oxygen atoms in total. The number of nitrogens with one attached hydrogen (secondary N) is 1. The second kappa shape index (κ2) is 7.11. The first kappa shape index (κ1) is 14.6. The van der Waals surface area contributed by atoms with E-state index in [2.05, 4.69) is 46.9 Å². The van der Waals surface area contributed by atoms with Crippen LogP contribution in [0.5, 0.6) is 5.75 Å². The van der Waals surface area contributed by atoms with Gasteiger partial charge in [0.15, 0.2) is 0 Å². The van der Waals surface area contributed by atoms with Gasteiger partial charge in [-0.15, -0.1) is 6.58 Å². The number of aryl methyl sites for hydroxylation is 1. The molecule has 0 bridgehead atoms. The first-order valence-corrected chi connectivity index (χ1v) is 7.76. The van der Waals surface area contributed by atoms with Gasteiger partial charge in [-0.05, 0) is 50.3 Å². The average Bonchev–Trinajstić information content (AvgIpc) is 3.18. The lowest BCUT2D eigenvalue weighted by molar-refractivity contribution is 0.306. The van der Waals surface area contributed by atoms with Crippen LogP contribution in [0.3, 0.4) is 0 Å². The molecule has 0 unspecified atom stereocenters. The highest BCUT2D eigenvalue weighted by Gasteiger charge is 2.21. The van der Waals surface area contributed by atoms with Crippen LogP contribution < -0.4 is 10.1 Å². The first-order chi connectivity index (χ1) is 9.20. The maximum absolute atomic E-state index is 5.97. The van der Waals surface area contributed by atoms with Crippen LogP contribution in [0.15, 0.2) is 29.3 Å². The van der Waals surface area contributed by atoms with Crippen LogP contribution in [-0.4, -0.2) is 12.6 Å². The van der Waals surface area contributed by atoms with E-state index in [1.807, 2.05) is 6.08 Å². The topological polar surface area (TPSA) is 21.3 Å². The van der Waals surface area contributed by atoms with E-state index >= 15 is 0 Å². The van der Waals surface area contributed by atoms with Crippen LogP contribution in [0.1, 0.15) is 36.8 Å². The summed E-state index contributed by atoms with van der Waals surface area (Å²) < 4.78 is 7.09. The summed E-state index contributed by atoms with van der Waals surface area (Å²) in [6, 6.07) is 4.99. The fraction of sp³-hybridized carbons (Fsp3) is 0.500. The van der Waals surface area contributed by atoms with Crippen molar-refractivity contribution in [1.29, 1.82) is 0 Å². The molecule has 0 aliphatic heterocycles. The molecular formula is C16H22BrNO. The summed E-state index contributed by atoms with van der Waals surface area (Å²) in [5.41, 5.74) is 2.44. The van der Waals surface area contributed by atoms with E-state index in [0.717, 1.165) is 36.2 Å². The quantitative estimate of drug-likeness (QED) is 0.567. The summed E-state index contributed by atoms with van der Waals surface area (Å²) >= 11 is 3.57. The normalized spacial score (nSPS) is 14.4. The largest absolute Gasteiger partial charge is 0.493 e. The molecule has 0 aromatic heterocycles. The van der Waals surface area contributed by atoms with E-state index in [1.165, 1.54) is 24.0 Å². The zero-order chi connectivity index (χ0) is 13.7. The number of hydrogen-bond donors (Lipinski definition) is 1. The van der Waals surface area contributed by atoms with Gasteiger partial charge in [-0.3, -0.25) is 0 Å². The molecule has 19 heavy (non-hydrogen) atoms. The van der Waals surface area contributed by atoms with Crippen molar-refractivity contribution in [3.05, 3.63) is 40.4 Å². The number of halogens is 1. The Hall–Kier alpha value is -0.800. The third-order valence-corrected chi connectivity index (χ3v) is 3.73. The Balaban J connectivity index is 2.01. The molecule has 1 aliphatic rings. The second-order valence-corrected chi connectivity index (χ2v) is 6.06. The summed E-state index contributed by atoms with van der Waals surface area (Å²) in [6.07, 6.45) is 6.58. The lowest BCUT2D eigenvalue weighted by Gasteiger charge is -2.15. The predicted octanol–water partition coefficient (Wildman–Crippen LogP) is 4.35. The highest BCUT2D eigenvalue weighted by Crippen LogP contribution is 2.29. The smallest absolute Gasteiger partial charge is 0.126 e. The summed E-state index contributed by atoms with van der Waals surface area (Å²) in [5.74, 6) is 1.04. The maximum atomic E-state index is 5.97. The minimum absolute atomic E-state index is 0.716. The van der Waals surface area contributed by atoms with Crippen molar-refractivity contribution in [2.45, 2.75) is 45.2 Å². The standard InChI is InChI=1S/C16H22BrNO/c1-3-4-5-8-19-16-12(2)9-14(17)10-13(16)11-18-15-6-7-15/h3,9-10,15,18H,1,4-8,11H2,2H3. The zero-order valence-corrected chi connectivity index (χ0v) is 13.1. The van der Waals surface area contributed by atoms with Crippen LogP contribution in [0.2, 0.25) is 0 Å². The molecule has 0 radical (unpaired) electrons. The Labute approximate surface area is 124 Å². The fourth-order valence-electron chi connectivity index (χ4n) is 2.08. The lowest BCUT2D eigenvalue weighted by Crippen LogP contribution is -2.16. The fourth-order valence-corrected chi connectivity index (χ4v) is 2.70. The highest BCUT2D eigenvalue weighted by atomic mass is 79.9. The average molecular weight is 324 g/mol. The van der Waals surface area contributed by atoms with E-state index in [9.17, 15) is 0 Å². The van der Waals surface area contributed by atoms with Gasteiger partial charge < -0.3 is 10.1 Å². The lowest BCUT2D eigenvalue weighted by atomic mass is 10.1. The van der Waals surface area contributed by atoms with Gasteiger partial charge >= 0.3 is 0 Å². The Morgan fingerprint density at radius 1 is 1.47 bits per heavy atom. The molecule has 2 rings (SSSR count). The molecule has 1 aromatic carbocycles. The van der Waals surface area contributed by atoms with Gasteiger partial charge in [0.1, 0.15) is 5.75 Å². The molecule has 0 saturated heterocycles. The number of hydrogen-bond acceptors (Lipinski definition) is 2. The molecule has 0 spiro atoms. The van der Waals surface area contributed by atoms with Crippen LogP contribution in [0.25, 0.3) is 0 Å². The number of allylic oxidation sites excluding steroid dienone is 1. The Morgan fingerprint density at radius 3 is 2.95 bits per heavy atom. The molecule has 0 amide bonds. The van der Waals surface area contributed by atoms with E-state index in [0.29, 0.717) is 6.04 Å². The molecule has 1 fully saturated rings. The summed E-state index contributed by atoms with van der Waals surface area (Å²) in [6.45, 7) is 7.49. The van der Waals surface area contributed by atoms with Gasteiger partial charge in [0, 0.05) is 22.6 Å². The molecule has 0 heterocycles. The molecular weight excluding hydrogens is 302 g/mol. The van der Waals surface area contributed by atoms with Crippen molar-refractivity contribution in [2.24, 2.45) is 0 Å². The number of unbranched alkanes of at least 4 members (excludes halogenated alkanes) is 1. The molecule has 1 aliphatic carbocycles. The first-order valence-electron chi connectivity index (χ1n) is 6.97. The van der Waals surface area contributed by atoms with E-state index in [4.69, 9.17) is 4.74 Å². The Morgan fingerprint density at radius 2 is 2.26 bits per heavy atom. The van der Waals surface area contributed by atoms with Gasteiger partial charge in [0.2, 0.25) is 0 Å². The molecule has 1 N–H and O–H groups in total. The Kier molecular flexibility index (Phi) is 5.46. The van der Waals surface area contributed by atoms with E-state index in [-0.39, 0.29) is 0 Å². The van der Waals surface area contributed by atoms with Crippen LogP contribution in [0.4, 0.5) is 0 Å². The number of ether oxygens (including phenoxy) is 1. The monoisotopic (exact) mass is 323 g/mol. The van der Waals surface area contributed by atoms with Crippen molar-refractivity contribution < 1.29 is 4.74 Å². The minimum Gasteiger partial charge on any atom is -0.493 e. The molecule has 3 heteroatoms. The third kappa shape index (κ3) is 4.66. The van der Waals surface area contributed by atoms with Crippen LogP contribution in [-0.2, 0) is 6.54 Å². The molecule has 0 atom stereocenters. The van der Waals surface area contributed by atoms with Crippen molar-refractivity contribution in [1.82, 2.24) is 5.32 Å². The van der Waals surface area contributed by atoms with Crippen molar-refractivity contribution in [3.63, 3.8) is 0 Å². The zero-order valence-electron chi connectivity index (χ0n) is 11.5. The highest BCUT2D eigenvalue weighted by molar-refractivity contribution is 9.10. The summed E-state index contributed by atoms with van der Waals surface area (Å²) in [4.78, 5) is 0. The summed E-state index contributed by atoms with van der Waals surface area (Å²) in [5, 5.41) is 3.55. The van der Waals surface area contributed by atoms with Gasteiger partial charge in [-0.25, -0.2) is 0 Å². The van der Waals surface area contributed by atoms with Crippen molar-refractivity contribution in [3.8, 4) is 5.75 Å². The maximum Gasteiger partial charge on any atom is 0.126 e. The SMILES string of the molecule is C=CCCCOc1c(C)cc(Br)cc1CNC1CC1. The van der Waals surface area contributed by atoms with Gasteiger partial charge in [0.05, 0.1) is 6.61 Å². The van der Waals surface area contributed by atoms with Crippen LogP contribution in [0, 0.1) is 6.92 Å². The predicted molar refractivity (Wildman–Crippen MR) is 83.7 cm³/mol. The number of rotatable bonds is 8. The molecule has 104 valence electrons. The third-order valence-electron chi connectivity index (χ3n) is 3.27. The second-order valence-electron chi connectivity index (χ2n) is 5.15. The summed E-state index contributed by atoms with van der Waals surface area (Å²) in [7, 11) is 0. The minimum atomic E-state index is 0.716.